The molecule has 2 N–H and O–H groups in total. The maximum absolute atomic E-state index is 12.3. The van der Waals surface area contributed by atoms with Crippen molar-refractivity contribution in [3.63, 3.8) is 0 Å². The highest BCUT2D eigenvalue weighted by molar-refractivity contribution is 5.93. The van der Waals surface area contributed by atoms with Crippen LogP contribution in [0.3, 0.4) is 0 Å². The normalized spacial score (nSPS) is 30.1. The Morgan fingerprint density at radius 3 is 3.00 bits per heavy atom. The average Bonchev–Trinajstić information content (AvgIpc) is 3.05. The number of aliphatic carboxylic acids is 1. The number of nitrogens with zero attached hydrogens (tertiary/aromatic N) is 1. The van der Waals surface area contributed by atoms with Gasteiger partial charge in [-0.25, -0.2) is 0 Å². The van der Waals surface area contributed by atoms with E-state index in [0.29, 0.717) is 31.9 Å². The molecule has 0 bridgehead atoms. The fourth-order valence-electron chi connectivity index (χ4n) is 3.09. The second-order valence-electron chi connectivity index (χ2n) is 5.25. The van der Waals surface area contributed by atoms with E-state index in [1.165, 1.54) is 0 Å². The minimum absolute atomic E-state index is 0.113. The van der Waals surface area contributed by atoms with Crippen LogP contribution in [0.1, 0.15) is 16.9 Å². The van der Waals surface area contributed by atoms with Crippen LogP contribution in [0.4, 0.5) is 0 Å². The van der Waals surface area contributed by atoms with Crippen LogP contribution in [0.2, 0.25) is 0 Å². The van der Waals surface area contributed by atoms with Gasteiger partial charge in [-0.1, -0.05) is 0 Å². The van der Waals surface area contributed by atoms with E-state index in [9.17, 15) is 14.7 Å². The molecule has 0 saturated carbocycles. The minimum Gasteiger partial charge on any atom is -0.481 e. The lowest BCUT2D eigenvalue weighted by atomic mass is 9.74. The molecule has 0 unspecified atom stereocenters. The smallest absolute Gasteiger partial charge is 0.311 e. The summed E-state index contributed by atoms with van der Waals surface area (Å²) < 4.78 is 5.37. The molecule has 3 rings (SSSR count). The first-order valence-corrected chi connectivity index (χ1v) is 6.37. The van der Waals surface area contributed by atoms with Gasteiger partial charge in [0.2, 0.25) is 0 Å². The van der Waals surface area contributed by atoms with Gasteiger partial charge in [0.25, 0.3) is 5.91 Å². The van der Waals surface area contributed by atoms with Gasteiger partial charge < -0.3 is 19.7 Å². The van der Waals surface area contributed by atoms with Gasteiger partial charge in [-0.2, -0.15) is 0 Å². The number of fused-ring (bicyclic) bond motifs is 1. The Hall–Kier alpha value is -1.82. The highest BCUT2D eigenvalue weighted by Gasteiger charge is 2.55. The fraction of sp³-hybridized carbons (Fsp3) is 0.538. The molecule has 102 valence electrons. The molecule has 2 atom stereocenters. The number of aromatic nitrogens is 1. The highest BCUT2D eigenvalue weighted by atomic mass is 16.5. The first kappa shape index (κ1) is 12.2. The maximum Gasteiger partial charge on any atom is 0.311 e. The molecule has 2 aliphatic rings. The molecular formula is C13H16N2O4. The highest BCUT2D eigenvalue weighted by Crippen LogP contribution is 2.42. The molecule has 6 nitrogen and oxygen atoms in total. The first-order valence-electron chi connectivity index (χ1n) is 6.37. The van der Waals surface area contributed by atoms with Crippen molar-refractivity contribution in [2.45, 2.75) is 6.42 Å². The predicted octanol–water partition coefficient (Wildman–Crippen LogP) is 0.578. The van der Waals surface area contributed by atoms with Gasteiger partial charge in [-0.3, -0.25) is 9.59 Å². The largest absolute Gasteiger partial charge is 0.481 e. The summed E-state index contributed by atoms with van der Waals surface area (Å²) >= 11 is 0. The zero-order valence-corrected chi connectivity index (χ0v) is 10.5. The van der Waals surface area contributed by atoms with Crippen LogP contribution in [-0.2, 0) is 9.53 Å². The number of carboxylic acids is 1. The number of carbonyl (C=O) groups is 2. The Morgan fingerprint density at radius 1 is 1.53 bits per heavy atom. The number of nitrogens with one attached hydrogen (secondary N) is 1. The number of hydrogen-bond donors (Lipinski definition) is 2. The summed E-state index contributed by atoms with van der Waals surface area (Å²) in [5.74, 6) is -1.07. The maximum atomic E-state index is 12.3. The Morgan fingerprint density at radius 2 is 2.37 bits per heavy atom. The molecule has 1 aromatic rings. The quantitative estimate of drug-likeness (QED) is 0.818. The summed E-state index contributed by atoms with van der Waals surface area (Å²) in [7, 11) is 0. The van der Waals surface area contributed by atoms with E-state index in [0.717, 1.165) is 0 Å². The predicted molar refractivity (Wildman–Crippen MR) is 65.7 cm³/mol. The number of H-pyrrole nitrogens is 1. The number of carboxylic acid groups (broad SMARTS) is 1. The van der Waals surface area contributed by atoms with E-state index in [2.05, 4.69) is 4.98 Å². The third kappa shape index (κ3) is 1.83. The Labute approximate surface area is 110 Å². The second kappa shape index (κ2) is 4.38. The Bertz CT molecular complexity index is 499. The lowest BCUT2D eigenvalue weighted by Crippen LogP contribution is -2.45. The van der Waals surface area contributed by atoms with Crippen molar-refractivity contribution >= 4 is 11.9 Å². The summed E-state index contributed by atoms with van der Waals surface area (Å²) in [4.78, 5) is 28.4. The van der Waals surface area contributed by atoms with E-state index in [1.54, 1.807) is 23.2 Å². The van der Waals surface area contributed by atoms with Crippen molar-refractivity contribution in [1.82, 2.24) is 9.88 Å². The van der Waals surface area contributed by atoms with Crippen molar-refractivity contribution in [2.75, 3.05) is 26.3 Å². The summed E-state index contributed by atoms with van der Waals surface area (Å²) in [5.41, 5.74) is -0.333. The molecule has 0 radical (unpaired) electrons. The number of rotatable bonds is 2. The van der Waals surface area contributed by atoms with Crippen LogP contribution in [0.15, 0.2) is 18.3 Å². The van der Waals surface area contributed by atoms with Crippen LogP contribution >= 0.6 is 0 Å². The summed E-state index contributed by atoms with van der Waals surface area (Å²) in [6, 6.07) is 3.46. The van der Waals surface area contributed by atoms with Crippen LogP contribution < -0.4 is 0 Å². The SMILES string of the molecule is O=C(c1ccc[nH]1)N1C[C@H]2COCC[C@@]2(C(=O)O)C1. The minimum atomic E-state index is -0.833. The van der Waals surface area contributed by atoms with Gasteiger partial charge >= 0.3 is 5.97 Å². The molecule has 1 aromatic heterocycles. The van der Waals surface area contributed by atoms with Crippen molar-refractivity contribution < 1.29 is 19.4 Å². The molecule has 19 heavy (non-hydrogen) atoms. The number of hydrogen-bond acceptors (Lipinski definition) is 3. The number of carbonyl (C=O) groups excluding carboxylic acids is 1. The Kier molecular flexibility index (Phi) is 2.82. The summed E-state index contributed by atoms with van der Waals surface area (Å²) in [6.45, 7) is 1.59. The molecule has 2 saturated heterocycles. The molecule has 6 heteroatoms. The number of aromatic amines is 1. The molecular weight excluding hydrogens is 248 g/mol. The van der Waals surface area contributed by atoms with Crippen molar-refractivity contribution in [3.8, 4) is 0 Å². The van der Waals surface area contributed by atoms with Crippen molar-refractivity contribution in [2.24, 2.45) is 11.3 Å². The van der Waals surface area contributed by atoms with Crippen LogP contribution in [-0.4, -0.2) is 53.2 Å². The third-order valence-corrected chi connectivity index (χ3v) is 4.25. The van der Waals surface area contributed by atoms with Gasteiger partial charge in [-0.05, 0) is 18.6 Å². The number of ether oxygens (including phenoxy) is 1. The van der Waals surface area contributed by atoms with Gasteiger partial charge in [0, 0.05) is 31.8 Å². The van der Waals surface area contributed by atoms with Crippen molar-refractivity contribution in [3.05, 3.63) is 24.0 Å². The molecule has 2 aliphatic heterocycles. The van der Waals surface area contributed by atoms with Gasteiger partial charge in [-0.15, -0.1) is 0 Å². The van der Waals surface area contributed by atoms with E-state index >= 15 is 0 Å². The lowest BCUT2D eigenvalue weighted by molar-refractivity contribution is -0.157. The van der Waals surface area contributed by atoms with Crippen LogP contribution in [0, 0.1) is 11.3 Å². The van der Waals surface area contributed by atoms with Gasteiger partial charge in [0.15, 0.2) is 0 Å². The van der Waals surface area contributed by atoms with E-state index in [-0.39, 0.29) is 18.4 Å². The van der Waals surface area contributed by atoms with Crippen LogP contribution in [0.25, 0.3) is 0 Å². The number of amides is 1. The standard InChI is InChI=1S/C13H16N2O4/c16-11(10-2-1-4-14-10)15-6-9-7-19-5-3-13(9,8-15)12(17)18/h1-2,4,9,14H,3,5-8H2,(H,17,18)/t9-,13+/m0/s1. The molecule has 3 heterocycles. The molecule has 1 amide bonds. The first-order chi connectivity index (χ1) is 9.13. The molecule has 0 aliphatic carbocycles. The van der Waals surface area contributed by atoms with E-state index < -0.39 is 11.4 Å². The zero-order valence-electron chi connectivity index (χ0n) is 10.5. The molecule has 0 aromatic carbocycles. The topological polar surface area (TPSA) is 82.6 Å². The second-order valence-corrected chi connectivity index (χ2v) is 5.25. The number of likely N-dealkylation sites (tertiary alicyclic amines) is 1. The monoisotopic (exact) mass is 264 g/mol. The van der Waals surface area contributed by atoms with Crippen LogP contribution in [0.5, 0.6) is 0 Å². The van der Waals surface area contributed by atoms with Gasteiger partial charge in [0.05, 0.1) is 12.0 Å². The molecule has 0 spiro atoms. The van der Waals surface area contributed by atoms with Gasteiger partial charge in [0.1, 0.15) is 5.69 Å². The fourth-order valence-corrected chi connectivity index (χ4v) is 3.09. The van der Waals surface area contributed by atoms with E-state index in [1.807, 2.05) is 0 Å². The lowest BCUT2D eigenvalue weighted by Gasteiger charge is -2.33. The molecule has 2 fully saturated rings. The Balaban J connectivity index is 1.84. The summed E-state index contributed by atoms with van der Waals surface area (Å²) in [6.07, 6.45) is 2.16. The third-order valence-electron chi connectivity index (χ3n) is 4.25. The average molecular weight is 264 g/mol. The summed E-state index contributed by atoms with van der Waals surface area (Å²) in [5, 5.41) is 9.53. The van der Waals surface area contributed by atoms with E-state index in [4.69, 9.17) is 4.74 Å². The zero-order chi connectivity index (χ0) is 13.5. The van der Waals surface area contributed by atoms with Crippen molar-refractivity contribution in [1.29, 1.82) is 0 Å².